The van der Waals surface area contributed by atoms with E-state index in [4.69, 9.17) is 0 Å². The molecule has 1 fully saturated rings. The monoisotopic (exact) mass is 249 g/mol. The number of aromatic nitrogens is 1. The van der Waals surface area contributed by atoms with Crippen LogP contribution in [0.15, 0.2) is 18.3 Å². The Morgan fingerprint density at radius 2 is 2.28 bits per heavy atom. The van der Waals surface area contributed by atoms with E-state index in [1.165, 1.54) is 0 Å². The first-order chi connectivity index (χ1) is 8.59. The summed E-state index contributed by atoms with van der Waals surface area (Å²) >= 11 is 0. The molecule has 2 N–H and O–H groups in total. The molecule has 4 heteroatoms. The summed E-state index contributed by atoms with van der Waals surface area (Å²) in [6.07, 6.45) is 4.64. The first kappa shape index (κ1) is 13.3. The van der Waals surface area contributed by atoms with E-state index in [-0.39, 0.29) is 0 Å². The van der Waals surface area contributed by atoms with E-state index in [1.807, 2.05) is 26.2 Å². The Balaban J connectivity index is 1.96. The largest absolute Gasteiger partial charge is 0.390 e. The quantitative estimate of drug-likeness (QED) is 0.858. The maximum atomic E-state index is 10.1. The van der Waals surface area contributed by atoms with E-state index in [9.17, 15) is 5.11 Å². The van der Waals surface area contributed by atoms with E-state index in [1.54, 1.807) is 0 Å². The second kappa shape index (κ2) is 5.67. The number of hydrogen-bond donors (Lipinski definition) is 2. The number of aliphatic hydroxyl groups is 1. The van der Waals surface area contributed by atoms with Crippen molar-refractivity contribution >= 4 is 5.69 Å². The van der Waals surface area contributed by atoms with Gasteiger partial charge in [0.2, 0.25) is 0 Å². The van der Waals surface area contributed by atoms with Crippen molar-refractivity contribution in [2.75, 3.05) is 25.5 Å². The van der Waals surface area contributed by atoms with E-state index in [0.717, 1.165) is 50.3 Å². The maximum Gasteiger partial charge on any atom is 0.0632 e. The highest BCUT2D eigenvalue weighted by molar-refractivity contribution is 5.42. The standard InChI is InChI=1S/C14H23N3O/c1-14(18)5-3-8-17(9-6-14)11-13-10-12(15-2)4-7-16-13/h4,7,10,18H,3,5-6,8-9,11H2,1-2H3,(H,15,16). The molecule has 4 nitrogen and oxygen atoms in total. The lowest BCUT2D eigenvalue weighted by atomic mass is 9.98. The minimum Gasteiger partial charge on any atom is -0.390 e. The lowest BCUT2D eigenvalue weighted by Gasteiger charge is -2.22. The maximum absolute atomic E-state index is 10.1. The molecule has 0 spiro atoms. The highest BCUT2D eigenvalue weighted by Crippen LogP contribution is 2.22. The average Bonchev–Trinajstić information content (AvgIpc) is 2.51. The van der Waals surface area contributed by atoms with Crippen molar-refractivity contribution in [3.8, 4) is 0 Å². The SMILES string of the molecule is CNc1ccnc(CN2CCCC(C)(O)CC2)c1. The van der Waals surface area contributed by atoms with E-state index < -0.39 is 5.60 Å². The summed E-state index contributed by atoms with van der Waals surface area (Å²) < 4.78 is 0. The molecule has 1 aromatic heterocycles. The summed E-state index contributed by atoms with van der Waals surface area (Å²) in [5.74, 6) is 0. The lowest BCUT2D eigenvalue weighted by molar-refractivity contribution is 0.0444. The van der Waals surface area contributed by atoms with E-state index in [0.29, 0.717) is 0 Å². The number of nitrogens with zero attached hydrogens (tertiary/aromatic N) is 2. The van der Waals surface area contributed by atoms with Gasteiger partial charge in [0, 0.05) is 32.0 Å². The summed E-state index contributed by atoms with van der Waals surface area (Å²) in [7, 11) is 1.92. The molecule has 1 saturated heterocycles. The van der Waals surface area contributed by atoms with Crippen LogP contribution in [0.2, 0.25) is 0 Å². The minimum absolute atomic E-state index is 0.491. The Morgan fingerprint density at radius 3 is 3.06 bits per heavy atom. The second-order valence-electron chi connectivity index (χ2n) is 5.41. The van der Waals surface area contributed by atoms with Gasteiger partial charge in [-0.05, 0) is 44.9 Å². The molecule has 100 valence electrons. The first-order valence-electron chi connectivity index (χ1n) is 6.66. The van der Waals surface area contributed by atoms with Crippen LogP contribution in [0, 0.1) is 0 Å². The topological polar surface area (TPSA) is 48.4 Å². The van der Waals surface area contributed by atoms with Crippen molar-refractivity contribution in [2.45, 2.75) is 38.3 Å². The average molecular weight is 249 g/mol. The number of pyridine rings is 1. The molecule has 0 amide bonds. The van der Waals surface area contributed by atoms with Crippen molar-refractivity contribution in [2.24, 2.45) is 0 Å². The van der Waals surface area contributed by atoms with Crippen molar-refractivity contribution in [3.05, 3.63) is 24.0 Å². The predicted octanol–water partition coefficient (Wildman–Crippen LogP) is 1.86. The summed E-state index contributed by atoms with van der Waals surface area (Å²) in [6, 6.07) is 4.06. The molecular weight excluding hydrogens is 226 g/mol. The molecule has 0 aliphatic carbocycles. The van der Waals surface area contributed by atoms with E-state index >= 15 is 0 Å². The van der Waals surface area contributed by atoms with Crippen molar-refractivity contribution in [1.29, 1.82) is 0 Å². The number of hydrogen-bond acceptors (Lipinski definition) is 4. The van der Waals surface area contributed by atoms with Gasteiger partial charge >= 0.3 is 0 Å². The van der Waals surface area contributed by atoms with E-state index in [2.05, 4.69) is 21.3 Å². The Kier molecular flexibility index (Phi) is 4.19. The summed E-state index contributed by atoms with van der Waals surface area (Å²) in [5.41, 5.74) is 1.69. The molecule has 1 aliphatic rings. The van der Waals surface area contributed by atoms with Gasteiger partial charge < -0.3 is 10.4 Å². The third kappa shape index (κ3) is 3.68. The lowest BCUT2D eigenvalue weighted by Crippen LogP contribution is -2.28. The van der Waals surface area contributed by atoms with Crippen LogP contribution in [0.3, 0.4) is 0 Å². The van der Waals surface area contributed by atoms with Crippen LogP contribution in [0.5, 0.6) is 0 Å². The molecule has 2 rings (SSSR count). The molecule has 1 aromatic rings. The highest BCUT2D eigenvalue weighted by atomic mass is 16.3. The molecule has 0 radical (unpaired) electrons. The zero-order chi connectivity index (χ0) is 13.0. The molecule has 1 unspecified atom stereocenters. The zero-order valence-corrected chi connectivity index (χ0v) is 11.3. The number of likely N-dealkylation sites (tertiary alicyclic amines) is 1. The van der Waals surface area contributed by atoms with Crippen LogP contribution >= 0.6 is 0 Å². The summed E-state index contributed by atoms with van der Waals surface area (Å²) in [6.45, 7) is 4.79. The fourth-order valence-electron chi connectivity index (χ4n) is 2.43. The van der Waals surface area contributed by atoms with Crippen LogP contribution < -0.4 is 5.32 Å². The van der Waals surface area contributed by atoms with Gasteiger partial charge in [0.25, 0.3) is 0 Å². The highest BCUT2D eigenvalue weighted by Gasteiger charge is 2.24. The van der Waals surface area contributed by atoms with Gasteiger partial charge in [0.15, 0.2) is 0 Å². The van der Waals surface area contributed by atoms with Gasteiger partial charge in [-0.25, -0.2) is 0 Å². The van der Waals surface area contributed by atoms with Gasteiger partial charge in [-0.15, -0.1) is 0 Å². The number of rotatable bonds is 3. The summed E-state index contributed by atoms with van der Waals surface area (Å²) in [4.78, 5) is 6.78. The predicted molar refractivity (Wildman–Crippen MR) is 73.5 cm³/mol. The van der Waals surface area contributed by atoms with Crippen LogP contribution in [0.1, 0.15) is 31.9 Å². The first-order valence-corrected chi connectivity index (χ1v) is 6.66. The molecule has 0 saturated carbocycles. The van der Waals surface area contributed by atoms with Crippen molar-refractivity contribution < 1.29 is 5.11 Å². The minimum atomic E-state index is -0.491. The fraction of sp³-hybridized carbons (Fsp3) is 0.643. The van der Waals surface area contributed by atoms with Crippen LogP contribution in [-0.2, 0) is 6.54 Å². The third-order valence-electron chi connectivity index (χ3n) is 3.65. The molecule has 0 aromatic carbocycles. The van der Waals surface area contributed by atoms with Crippen LogP contribution in [-0.4, -0.2) is 40.7 Å². The Morgan fingerprint density at radius 1 is 1.44 bits per heavy atom. The van der Waals surface area contributed by atoms with Crippen LogP contribution in [0.4, 0.5) is 5.69 Å². The zero-order valence-electron chi connectivity index (χ0n) is 11.3. The van der Waals surface area contributed by atoms with Crippen LogP contribution in [0.25, 0.3) is 0 Å². The molecule has 2 heterocycles. The molecule has 0 bridgehead atoms. The third-order valence-corrected chi connectivity index (χ3v) is 3.65. The van der Waals surface area contributed by atoms with Gasteiger partial charge in [-0.3, -0.25) is 9.88 Å². The molecule has 18 heavy (non-hydrogen) atoms. The molecule has 1 aliphatic heterocycles. The Hall–Kier alpha value is -1.13. The Labute approximate surface area is 109 Å². The normalized spacial score (nSPS) is 25.7. The molecular formula is C14H23N3O. The van der Waals surface area contributed by atoms with Gasteiger partial charge in [0.05, 0.1) is 11.3 Å². The van der Waals surface area contributed by atoms with Gasteiger partial charge in [-0.1, -0.05) is 0 Å². The Bertz CT molecular complexity index is 392. The van der Waals surface area contributed by atoms with Crippen molar-refractivity contribution in [1.82, 2.24) is 9.88 Å². The van der Waals surface area contributed by atoms with Gasteiger partial charge in [0.1, 0.15) is 0 Å². The fourth-order valence-corrected chi connectivity index (χ4v) is 2.43. The number of anilines is 1. The number of nitrogens with one attached hydrogen (secondary N) is 1. The van der Waals surface area contributed by atoms with Crippen molar-refractivity contribution in [3.63, 3.8) is 0 Å². The molecule has 1 atom stereocenters. The second-order valence-corrected chi connectivity index (χ2v) is 5.41. The smallest absolute Gasteiger partial charge is 0.0632 e. The summed E-state index contributed by atoms with van der Waals surface area (Å²) in [5, 5.41) is 13.2. The van der Waals surface area contributed by atoms with Gasteiger partial charge in [-0.2, -0.15) is 0 Å².